The quantitative estimate of drug-likeness (QED) is 0.241. The van der Waals surface area contributed by atoms with Gasteiger partial charge in [0, 0.05) is 23.9 Å². The van der Waals surface area contributed by atoms with E-state index in [1.54, 1.807) is 6.92 Å². The van der Waals surface area contributed by atoms with Crippen LogP contribution in [0.4, 0.5) is 0 Å². The van der Waals surface area contributed by atoms with Gasteiger partial charge in [-0.1, -0.05) is 61.5 Å². The van der Waals surface area contributed by atoms with Crippen LogP contribution in [0.2, 0.25) is 0 Å². The molecule has 0 aliphatic heterocycles. The van der Waals surface area contributed by atoms with Crippen molar-refractivity contribution >= 4 is 27.7 Å². The zero-order valence-electron chi connectivity index (χ0n) is 19.2. The van der Waals surface area contributed by atoms with E-state index in [9.17, 15) is 4.79 Å². The summed E-state index contributed by atoms with van der Waals surface area (Å²) in [6.07, 6.45) is 3.91. The number of imidazole rings is 1. The number of nitrogens with one attached hydrogen (secondary N) is 1. The lowest BCUT2D eigenvalue weighted by Gasteiger charge is -2.12. The highest BCUT2D eigenvalue weighted by Gasteiger charge is 2.11. The summed E-state index contributed by atoms with van der Waals surface area (Å²) in [6, 6.07) is 22.7. The topological polar surface area (TPSA) is 56.2 Å². The summed E-state index contributed by atoms with van der Waals surface area (Å²) >= 11 is 0. The van der Waals surface area contributed by atoms with Gasteiger partial charge in [-0.2, -0.15) is 0 Å². The third-order valence-corrected chi connectivity index (χ3v) is 5.81. The summed E-state index contributed by atoms with van der Waals surface area (Å²) in [4.78, 5) is 16.5. The van der Waals surface area contributed by atoms with Crippen LogP contribution in [-0.4, -0.2) is 28.6 Å². The second kappa shape index (κ2) is 10.8. The number of unbranched alkanes of at least 4 members (excludes halogenated alkanes) is 2. The third kappa shape index (κ3) is 5.61. The highest BCUT2D eigenvalue weighted by molar-refractivity contribution is 5.92. The molecule has 0 aliphatic rings. The van der Waals surface area contributed by atoms with Crippen LogP contribution >= 0.6 is 0 Å². The van der Waals surface area contributed by atoms with Crippen molar-refractivity contribution in [3.8, 4) is 5.75 Å². The van der Waals surface area contributed by atoms with Gasteiger partial charge < -0.3 is 14.6 Å². The number of aryl methyl sites for hydroxylation is 1. The summed E-state index contributed by atoms with van der Waals surface area (Å²) in [7, 11) is 0. The standard InChI is InChI=1S/C28H31N3O2/c1-21(2)28(32)29-18-9-3-4-17-27-30-24-14-7-8-15-25(24)31(27)19-20-33-26-16-10-12-22-11-5-6-13-23(22)26/h5-8,10-16H,1,3-4,9,17-20H2,2H3,(H,29,32). The largest absolute Gasteiger partial charge is 0.491 e. The molecule has 0 fully saturated rings. The lowest BCUT2D eigenvalue weighted by atomic mass is 10.1. The number of ether oxygens (including phenoxy) is 1. The zero-order chi connectivity index (χ0) is 23.0. The number of hydrogen-bond donors (Lipinski definition) is 1. The number of para-hydroxylation sites is 2. The maximum Gasteiger partial charge on any atom is 0.246 e. The van der Waals surface area contributed by atoms with Crippen molar-refractivity contribution in [2.24, 2.45) is 0 Å². The van der Waals surface area contributed by atoms with Crippen molar-refractivity contribution < 1.29 is 9.53 Å². The summed E-state index contributed by atoms with van der Waals surface area (Å²) in [5.74, 6) is 1.93. The number of nitrogens with zero attached hydrogens (tertiary/aromatic N) is 2. The molecule has 3 aromatic carbocycles. The molecule has 170 valence electrons. The number of rotatable bonds is 11. The van der Waals surface area contributed by atoms with Crippen LogP contribution in [0.3, 0.4) is 0 Å². The molecule has 0 unspecified atom stereocenters. The monoisotopic (exact) mass is 441 g/mol. The van der Waals surface area contributed by atoms with Gasteiger partial charge in [0.15, 0.2) is 0 Å². The van der Waals surface area contributed by atoms with Crippen molar-refractivity contribution in [3.05, 3.63) is 84.7 Å². The number of benzene rings is 3. The van der Waals surface area contributed by atoms with E-state index < -0.39 is 0 Å². The van der Waals surface area contributed by atoms with Crippen molar-refractivity contribution in [2.75, 3.05) is 13.2 Å². The first-order valence-corrected chi connectivity index (χ1v) is 11.6. The van der Waals surface area contributed by atoms with Crippen LogP contribution < -0.4 is 10.1 Å². The van der Waals surface area contributed by atoms with Crippen molar-refractivity contribution in [3.63, 3.8) is 0 Å². The second-order valence-electron chi connectivity index (χ2n) is 8.34. The molecular weight excluding hydrogens is 410 g/mol. The molecule has 1 amide bonds. The molecule has 0 atom stereocenters. The van der Waals surface area contributed by atoms with Crippen LogP contribution in [0.25, 0.3) is 21.8 Å². The van der Waals surface area contributed by atoms with Gasteiger partial charge >= 0.3 is 0 Å². The fourth-order valence-corrected chi connectivity index (χ4v) is 4.07. The molecule has 0 radical (unpaired) electrons. The maximum absolute atomic E-state index is 11.6. The fraction of sp³-hybridized carbons (Fsp3) is 0.286. The van der Waals surface area contributed by atoms with E-state index in [0.717, 1.165) is 60.2 Å². The molecule has 0 saturated heterocycles. The summed E-state index contributed by atoms with van der Waals surface area (Å²) in [6.45, 7) is 7.39. The van der Waals surface area contributed by atoms with Crippen LogP contribution in [-0.2, 0) is 17.8 Å². The first kappa shape index (κ1) is 22.6. The molecular formula is C28H31N3O2. The lowest BCUT2D eigenvalue weighted by molar-refractivity contribution is -0.117. The Kier molecular flexibility index (Phi) is 7.40. The van der Waals surface area contributed by atoms with Crippen LogP contribution in [0.5, 0.6) is 5.75 Å². The number of aromatic nitrogens is 2. The minimum Gasteiger partial charge on any atom is -0.491 e. The van der Waals surface area contributed by atoms with Crippen LogP contribution in [0.15, 0.2) is 78.9 Å². The molecule has 1 N–H and O–H groups in total. The third-order valence-electron chi connectivity index (χ3n) is 5.81. The number of carbonyl (C=O) groups excluding carboxylic acids is 1. The average Bonchev–Trinajstić information content (AvgIpc) is 3.18. The van der Waals surface area contributed by atoms with E-state index in [-0.39, 0.29) is 5.91 Å². The van der Waals surface area contributed by atoms with Gasteiger partial charge in [0.1, 0.15) is 18.2 Å². The highest BCUT2D eigenvalue weighted by atomic mass is 16.5. The minimum atomic E-state index is -0.0667. The Morgan fingerprint density at radius 1 is 1.00 bits per heavy atom. The van der Waals surface area contributed by atoms with E-state index in [1.165, 1.54) is 5.39 Å². The molecule has 4 aromatic rings. The second-order valence-corrected chi connectivity index (χ2v) is 8.34. The van der Waals surface area contributed by atoms with Crippen molar-refractivity contribution in [1.82, 2.24) is 14.9 Å². The molecule has 0 spiro atoms. The van der Waals surface area contributed by atoms with E-state index in [4.69, 9.17) is 9.72 Å². The SMILES string of the molecule is C=C(C)C(=O)NCCCCCc1nc2ccccc2n1CCOc1cccc2ccccc12. The minimum absolute atomic E-state index is 0.0667. The van der Waals surface area contributed by atoms with Gasteiger partial charge in [0.25, 0.3) is 0 Å². The Balaban J connectivity index is 1.37. The Morgan fingerprint density at radius 2 is 1.79 bits per heavy atom. The Hall–Kier alpha value is -3.60. The summed E-state index contributed by atoms with van der Waals surface area (Å²) in [5.41, 5.74) is 2.71. The normalized spacial score (nSPS) is 11.1. The highest BCUT2D eigenvalue weighted by Crippen LogP contribution is 2.25. The molecule has 5 nitrogen and oxygen atoms in total. The van der Waals surface area contributed by atoms with Gasteiger partial charge in [0.2, 0.25) is 5.91 Å². The molecule has 1 aromatic heterocycles. The summed E-state index contributed by atoms with van der Waals surface area (Å²) in [5, 5.41) is 5.21. The fourth-order valence-electron chi connectivity index (χ4n) is 4.07. The number of amides is 1. The summed E-state index contributed by atoms with van der Waals surface area (Å²) < 4.78 is 8.48. The van der Waals surface area contributed by atoms with E-state index in [1.807, 2.05) is 30.3 Å². The Morgan fingerprint density at radius 3 is 2.67 bits per heavy atom. The molecule has 0 saturated carbocycles. The van der Waals surface area contributed by atoms with Crippen molar-refractivity contribution in [2.45, 2.75) is 39.2 Å². The van der Waals surface area contributed by atoms with E-state index in [2.05, 4.69) is 52.9 Å². The average molecular weight is 442 g/mol. The van der Waals surface area contributed by atoms with Crippen LogP contribution in [0, 0.1) is 0 Å². The number of hydrogen-bond acceptors (Lipinski definition) is 3. The predicted octanol–water partition coefficient (Wildman–Crippen LogP) is 5.67. The first-order valence-electron chi connectivity index (χ1n) is 11.6. The number of carbonyl (C=O) groups is 1. The van der Waals surface area contributed by atoms with Crippen molar-refractivity contribution in [1.29, 1.82) is 0 Å². The molecule has 4 rings (SSSR count). The van der Waals surface area contributed by atoms with Gasteiger partial charge in [0.05, 0.1) is 17.6 Å². The van der Waals surface area contributed by atoms with Gasteiger partial charge in [-0.3, -0.25) is 4.79 Å². The van der Waals surface area contributed by atoms with E-state index in [0.29, 0.717) is 18.7 Å². The van der Waals surface area contributed by atoms with Gasteiger partial charge in [-0.25, -0.2) is 4.98 Å². The first-order chi connectivity index (χ1) is 16.1. The molecule has 1 heterocycles. The number of fused-ring (bicyclic) bond motifs is 2. The van der Waals surface area contributed by atoms with Gasteiger partial charge in [-0.05, 0) is 43.4 Å². The molecule has 0 bridgehead atoms. The van der Waals surface area contributed by atoms with Crippen LogP contribution in [0.1, 0.15) is 32.0 Å². The predicted molar refractivity (Wildman–Crippen MR) is 135 cm³/mol. The maximum atomic E-state index is 11.6. The zero-order valence-corrected chi connectivity index (χ0v) is 19.2. The Labute approximate surface area is 195 Å². The van der Waals surface area contributed by atoms with Gasteiger partial charge in [-0.15, -0.1) is 0 Å². The smallest absolute Gasteiger partial charge is 0.246 e. The molecule has 5 heteroatoms. The Bertz CT molecular complexity index is 1250. The molecule has 33 heavy (non-hydrogen) atoms. The molecule has 0 aliphatic carbocycles. The lowest BCUT2D eigenvalue weighted by Crippen LogP contribution is -2.24. The van der Waals surface area contributed by atoms with E-state index >= 15 is 0 Å².